The van der Waals surface area contributed by atoms with Crippen molar-refractivity contribution in [2.24, 2.45) is 0 Å². The molecule has 2 atom stereocenters. The number of carbonyl (C=O) groups excluding carboxylic acids is 1. The van der Waals surface area contributed by atoms with Crippen LogP contribution < -0.4 is 4.74 Å². The van der Waals surface area contributed by atoms with Gasteiger partial charge >= 0.3 is 0 Å². The Hall–Kier alpha value is -1.55. The van der Waals surface area contributed by atoms with Crippen LogP contribution in [0.3, 0.4) is 0 Å². The third-order valence-corrected chi connectivity index (χ3v) is 5.03. The predicted molar refractivity (Wildman–Crippen MR) is 89.6 cm³/mol. The highest BCUT2D eigenvalue weighted by atomic mass is 16.5. The van der Waals surface area contributed by atoms with Crippen LogP contribution in [-0.4, -0.2) is 43.2 Å². The minimum Gasteiger partial charge on any atom is -0.497 e. The molecule has 2 heterocycles. The van der Waals surface area contributed by atoms with Gasteiger partial charge in [0.25, 0.3) is 0 Å². The number of ether oxygens (including phenoxy) is 2. The smallest absolute Gasteiger partial charge is 0.222 e. The molecule has 0 aliphatic carbocycles. The quantitative estimate of drug-likeness (QED) is 0.809. The SMILES string of the molecule is COc1ccc(CC2CCCN2C(=O)CC[C@@H]2CCCO2)cc1. The Morgan fingerprint density at radius 2 is 2.09 bits per heavy atom. The Bertz CT molecular complexity index is 508. The molecule has 1 aromatic carbocycles. The van der Waals surface area contributed by atoms with E-state index in [1.165, 1.54) is 5.56 Å². The number of hydrogen-bond donors (Lipinski definition) is 0. The van der Waals surface area contributed by atoms with Crippen molar-refractivity contribution in [2.75, 3.05) is 20.3 Å². The molecular weight excluding hydrogens is 290 g/mol. The van der Waals surface area contributed by atoms with Crippen LogP contribution in [0.15, 0.2) is 24.3 Å². The lowest BCUT2D eigenvalue weighted by molar-refractivity contribution is -0.132. The maximum absolute atomic E-state index is 12.6. The first kappa shape index (κ1) is 16.3. The summed E-state index contributed by atoms with van der Waals surface area (Å²) < 4.78 is 10.8. The van der Waals surface area contributed by atoms with Crippen LogP contribution in [0.1, 0.15) is 44.1 Å². The molecule has 0 radical (unpaired) electrons. The van der Waals surface area contributed by atoms with E-state index in [1.54, 1.807) is 7.11 Å². The van der Waals surface area contributed by atoms with E-state index in [0.717, 1.165) is 57.4 Å². The fourth-order valence-electron chi connectivity index (χ4n) is 3.71. The zero-order valence-corrected chi connectivity index (χ0v) is 14.0. The molecule has 4 heteroatoms. The molecule has 126 valence electrons. The van der Waals surface area contributed by atoms with Gasteiger partial charge in [-0.2, -0.15) is 0 Å². The molecular formula is C19H27NO3. The van der Waals surface area contributed by atoms with Crippen LogP contribution in [0.2, 0.25) is 0 Å². The summed E-state index contributed by atoms with van der Waals surface area (Å²) in [6.45, 7) is 1.77. The van der Waals surface area contributed by atoms with Crippen molar-refractivity contribution >= 4 is 5.91 Å². The average molecular weight is 317 g/mol. The number of benzene rings is 1. The van der Waals surface area contributed by atoms with Crippen molar-refractivity contribution in [1.29, 1.82) is 0 Å². The van der Waals surface area contributed by atoms with Crippen molar-refractivity contribution in [2.45, 2.75) is 57.1 Å². The van der Waals surface area contributed by atoms with Crippen LogP contribution in [0.5, 0.6) is 5.75 Å². The van der Waals surface area contributed by atoms with E-state index < -0.39 is 0 Å². The number of rotatable bonds is 6. The molecule has 1 aromatic rings. The second-order valence-electron chi connectivity index (χ2n) is 6.61. The van der Waals surface area contributed by atoms with E-state index in [-0.39, 0.29) is 0 Å². The van der Waals surface area contributed by atoms with Crippen LogP contribution >= 0.6 is 0 Å². The predicted octanol–water partition coefficient (Wildman–Crippen LogP) is 3.19. The molecule has 4 nitrogen and oxygen atoms in total. The maximum atomic E-state index is 12.6. The standard InChI is InChI=1S/C19H27NO3/c1-22-17-8-6-15(7-9-17)14-16-4-2-12-20(16)19(21)11-10-18-5-3-13-23-18/h6-9,16,18H,2-5,10-14H2,1H3/t16?,18-/m0/s1. The number of amides is 1. The molecule has 1 amide bonds. The van der Waals surface area contributed by atoms with Crippen molar-refractivity contribution in [1.82, 2.24) is 4.90 Å². The number of nitrogens with zero attached hydrogens (tertiary/aromatic N) is 1. The first-order chi connectivity index (χ1) is 11.3. The van der Waals surface area contributed by atoms with Gasteiger partial charge in [0.2, 0.25) is 5.91 Å². The lowest BCUT2D eigenvalue weighted by Gasteiger charge is -2.25. The van der Waals surface area contributed by atoms with Crippen LogP contribution in [0.4, 0.5) is 0 Å². The highest BCUT2D eigenvalue weighted by molar-refractivity contribution is 5.76. The van der Waals surface area contributed by atoms with Gasteiger partial charge in [-0.3, -0.25) is 4.79 Å². The summed E-state index contributed by atoms with van der Waals surface area (Å²) in [5, 5.41) is 0. The zero-order chi connectivity index (χ0) is 16.1. The van der Waals surface area contributed by atoms with Crippen molar-refractivity contribution < 1.29 is 14.3 Å². The summed E-state index contributed by atoms with van der Waals surface area (Å²) in [7, 11) is 1.68. The van der Waals surface area contributed by atoms with Crippen LogP contribution in [0, 0.1) is 0 Å². The van der Waals surface area contributed by atoms with E-state index in [9.17, 15) is 4.79 Å². The molecule has 0 spiro atoms. The zero-order valence-electron chi connectivity index (χ0n) is 14.0. The fourth-order valence-corrected chi connectivity index (χ4v) is 3.71. The van der Waals surface area contributed by atoms with E-state index >= 15 is 0 Å². The molecule has 2 aliphatic rings. The Labute approximate surface area is 138 Å². The highest BCUT2D eigenvalue weighted by Gasteiger charge is 2.29. The Kier molecular flexibility index (Phi) is 5.55. The highest BCUT2D eigenvalue weighted by Crippen LogP contribution is 2.24. The summed E-state index contributed by atoms with van der Waals surface area (Å²) in [5.74, 6) is 1.18. The van der Waals surface area contributed by atoms with Gasteiger partial charge in [0.05, 0.1) is 13.2 Å². The molecule has 3 rings (SSSR count). The molecule has 0 bridgehead atoms. The van der Waals surface area contributed by atoms with Gasteiger partial charge in [-0.1, -0.05) is 12.1 Å². The second-order valence-corrected chi connectivity index (χ2v) is 6.61. The molecule has 0 N–H and O–H groups in total. The minimum atomic E-state index is 0.302. The first-order valence-corrected chi connectivity index (χ1v) is 8.80. The second kappa shape index (κ2) is 7.82. The molecule has 2 fully saturated rings. The van der Waals surface area contributed by atoms with Crippen LogP contribution in [-0.2, 0) is 16.0 Å². The Morgan fingerprint density at radius 3 is 2.78 bits per heavy atom. The Morgan fingerprint density at radius 1 is 1.26 bits per heavy atom. The number of carbonyl (C=O) groups is 1. The molecule has 1 unspecified atom stereocenters. The van der Waals surface area contributed by atoms with Crippen molar-refractivity contribution in [3.8, 4) is 5.75 Å². The fraction of sp³-hybridized carbons (Fsp3) is 0.632. The first-order valence-electron chi connectivity index (χ1n) is 8.80. The van der Waals surface area contributed by atoms with Gasteiger partial charge in [-0.05, 0) is 56.2 Å². The third-order valence-electron chi connectivity index (χ3n) is 5.03. The van der Waals surface area contributed by atoms with Crippen molar-refractivity contribution in [3.05, 3.63) is 29.8 Å². The molecule has 23 heavy (non-hydrogen) atoms. The molecule has 0 saturated carbocycles. The van der Waals surface area contributed by atoms with Gasteiger partial charge in [0, 0.05) is 25.6 Å². The van der Waals surface area contributed by atoms with E-state index in [1.807, 2.05) is 12.1 Å². The number of hydrogen-bond acceptors (Lipinski definition) is 3. The normalized spacial score (nSPS) is 24.1. The average Bonchev–Trinajstić information content (AvgIpc) is 3.25. The van der Waals surface area contributed by atoms with Gasteiger partial charge in [0.1, 0.15) is 5.75 Å². The largest absolute Gasteiger partial charge is 0.497 e. The Balaban J connectivity index is 1.52. The summed E-state index contributed by atoms with van der Waals surface area (Å²) in [6.07, 6.45) is 7.24. The molecule has 0 aromatic heterocycles. The van der Waals surface area contributed by atoms with Gasteiger partial charge in [0.15, 0.2) is 0 Å². The van der Waals surface area contributed by atoms with E-state index in [4.69, 9.17) is 9.47 Å². The third kappa shape index (κ3) is 4.25. The monoisotopic (exact) mass is 317 g/mol. The minimum absolute atomic E-state index is 0.302. The van der Waals surface area contributed by atoms with Crippen LogP contribution in [0.25, 0.3) is 0 Å². The van der Waals surface area contributed by atoms with E-state index in [0.29, 0.717) is 24.5 Å². The van der Waals surface area contributed by atoms with Gasteiger partial charge in [-0.25, -0.2) is 0 Å². The maximum Gasteiger partial charge on any atom is 0.222 e. The molecule has 2 aliphatic heterocycles. The summed E-state index contributed by atoms with van der Waals surface area (Å²) in [5.41, 5.74) is 1.27. The van der Waals surface area contributed by atoms with Gasteiger partial charge < -0.3 is 14.4 Å². The lowest BCUT2D eigenvalue weighted by atomic mass is 10.0. The van der Waals surface area contributed by atoms with Crippen molar-refractivity contribution in [3.63, 3.8) is 0 Å². The lowest BCUT2D eigenvalue weighted by Crippen LogP contribution is -2.37. The topological polar surface area (TPSA) is 38.8 Å². The number of likely N-dealkylation sites (tertiary alicyclic amines) is 1. The molecule has 2 saturated heterocycles. The summed E-state index contributed by atoms with van der Waals surface area (Å²) in [4.78, 5) is 14.6. The summed E-state index contributed by atoms with van der Waals surface area (Å²) >= 11 is 0. The number of methoxy groups -OCH3 is 1. The summed E-state index contributed by atoms with van der Waals surface area (Å²) in [6, 6.07) is 8.54. The van der Waals surface area contributed by atoms with E-state index in [2.05, 4.69) is 17.0 Å². The van der Waals surface area contributed by atoms with Gasteiger partial charge in [-0.15, -0.1) is 0 Å².